The number of nitrogens with two attached hydrogens (primary N) is 1. The van der Waals surface area contributed by atoms with E-state index in [4.69, 9.17) is 20.1 Å². The zero-order valence-corrected chi connectivity index (χ0v) is 11.5. The Morgan fingerprint density at radius 2 is 1.89 bits per heavy atom. The first kappa shape index (κ1) is 15.2. The van der Waals surface area contributed by atoms with Crippen LogP contribution in [0.15, 0.2) is 4.99 Å². The van der Waals surface area contributed by atoms with Gasteiger partial charge in [0, 0.05) is 34.4 Å². The fourth-order valence-corrected chi connectivity index (χ4v) is 2.07. The Balaban J connectivity index is 2.66. The van der Waals surface area contributed by atoms with Gasteiger partial charge in [0.2, 0.25) is 5.96 Å². The Hall–Kier alpha value is -0.890. The van der Waals surface area contributed by atoms with Crippen molar-refractivity contribution in [3.63, 3.8) is 0 Å². The molecule has 3 N–H and O–H groups in total. The molecule has 7 heteroatoms. The lowest BCUT2D eigenvalue weighted by Gasteiger charge is -2.21. The Labute approximate surface area is 108 Å². The molecule has 18 heavy (non-hydrogen) atoms. The molecule has 0 amide bonds. The molecule has 1 fully saturated rings. The standard InChI is InChI=1S/C11H24N4O3/c1-8(7-16-2)13-11(14-12)15-5-9(17-3)10(6-15)18-4/h8-10H,5-7,12H2,1-4H3,(H,13,14). The first-order valence-electron chi connectivity index (χ1n) is 6.00. The van der Waals surface area contributed by atoms with E-state index in [1.807, 2.05) is 11.8 Å². The largest absolute Gasteiger partial charge is 0.382 e. The molecule has 1 rings (SSSR count). The molecular formula is C11H24N4O3. The van der Waals surface area contributed by atoms with Crippen LogP contribution in [0.2, 0.25) is 0 Å². The molecule has 0 aromatic heterocycles. The maximum absolute atomic E-state index is 5.53. The van der Waals surface area contributed by atoms with Crippen molar-refractivity contribution in [3.05, 3.63) is 0 Å². The van der Waals surface area contributed by atoms with Crippen molar-refractivity contribution >= 4 is 5.96 Å². The highest BCUT2D eigenvalue weighted by molar-refractivity contribution is 5.80. The van der Waals surface area contributed by atoms with E-state index < -0.39 is 0 Å². The number of hydrazine groups is 1. The topological polar surface area (TPSA) is 81.3 Å². The van der Waals surface area contributed by atoms with Crippen LogP contribution in [-0.2, 0) is 14.2 Å². The van der Waals surface area contributed by atoms with Crippen molar-refractivity contribution in [2.45, 2.75) is 25.2 Å². The number of guanidine groups is 1. The Morgan fingerprint density at radius 3 is 2.28 bits per heavy atom. The number of hydrogen-bond donors (Lipinski definition) is 2. The zero-order chi connectivity index (χ0) is 13.5. The van der Waals surface area contributed by atoms with Gasteiger partial charge in [0.05, 0.1) is 12.6 Å². The number of methoxy groups -OCH3 is 3. The second-order valence-electron chi connectivity index (χ2n) is 4.35. The van der Waals surface area contributed by atoms with Gasteiger partial charge >= 0.3 is 0 Å². The van der Waals surface area contributed by atoms with Crippen LogP contribution in [0.5, 0.6) is 0 Å². The second kappa shape index (κ2) is 7.52. The minimum atomic E-state index is 0.0336. The van der Waals surface area contributed by atoms with E-state index in [0.717, 1.165) is 0 Å². The molecule has 3 unspecified atom stereocenters. The lowest BCUT2D eigenvalue weighted by Crippen LogP contribution is -2.45. The van der Waals surface area contributed by atoms with Gasteiger partial charge in [-0.1, -0.05) is 0 Å². The summed E-state index contributed by atoms with van der Waals surface area (Å²) in [7, 11) is 5.01. The van der Waals surface area contributed by atoms with E-state index in [1.165, 1.54) is 0 Å². The van der Waals surface area contributed by atoms with Gasteiger partial charge in [-0.05, 0) is 6.92 Å². The Bertz CT molecular complexity index is 263. The maximum atomic E-state index is 5.53. The van der Waals surface area contributed by atoms with Gasteiger partial charge in [0.1, 0.15) is 12.2 Å². The van der Waals surface area contributed by atoms with Gasteiger partial charge in [0.15, 0.2) is 0 Å². The molecule has 106 valence electrons. The Morgan fingerprint density at radius 1 is 1.33 bits per heavy atom. The fraction of sp³-hybridized carbons (Fsp3) is 0.909. The summed E-state index contributed by atoms with van der Waals surface area (Å²) in [5.41, 5.74) is 2.63. The summed E-state index contributed by atoms with van der Waals surface area (Å²) in [5, 5.41) is 0. The molecule has 1 saturated heterocycles. The van der Waals surface area contributed by atoms with E-state index in [2.05, 4.69) is 10.4 Å². The minimum absolute atomic E-state index is 0.0336. The van der Waals surface area contributed by atoms with E-state index in [0.29, 0.717) is 25.7 Å². The quantitative estimate of drug-likeness (QED) is 0.291. The predicted octanol–water partition coefficient (Wildman–Crippen LogP) is -0.814. The third kappa shape index (κ3) is 3.81. The molecule has 1 aliphatic rings. The average molecular weight is 260 g/mol. The fourth-order valence-electron chi connectivity index (χ4n) is 2.07. The summed E-state index contributed by atoms with van der Waals surface area (Å²) >= 11 is 0. The van der Waals surface area contributed by atoms with E-state index in [9.17, 15) is 0 Å². The van der Waals surface area contributed by atoms with Gasteiger partial charge in [-0.3, -0.25) is 5.43 Å². The molecule has 1 heterocycles. The first-order chi connectivity index (χ1) is 8.65. The molecule has 7 nitrogen and oxygen atoms in total. The van der Waals surface area contributed by atoms with E-state index in [1.54, 1.807) is 21.3 Å². The molecule has 3 atom stereocenters. The van der Waals surface area contributed by atoms with Crippen molar-refractivity contribution in [2.24, 2.45) is 10.8 Å². The number of aliphatic imine (C=N–C) groups is 1. The lowest BCUT2D eigenvalue weighted by molar-refractivity contribution is -0.00461. The van der Waals surface area contributed by atoms with Crippen molar-refractivity contribution in [1.82, 2.24) is 10.3 Å². The minimum Gasteiger partial charge on any atom is -0.382 e. The van der Waals surface area contributed by atoms with Gasteiger partial charge in [-0.2, -0.15) is 0 Å². The lowest BCUT2D eigenvalue weighted by atomic mass is 10.3. The predicted molar refractivity (Wildman–Crippen MR) is 69.3 cm³/mol. The smallest absolute Gasteiger partial charge is 0.208 e. The van der Waals surface area contributed by atoms with Crippen LogP contribution in [0.1, 0.15) is 6.92 Å². The van der Waals surface area contributed by atoms with Crippen molar-refractivity contribution in [1.29, 1.82) is 0 Å². The van der Waals surface area contributed by atoms with Gasteiger partial charge in [-0.25, -0.2) is 10.8 Å². The SMILES string of the molecule is COCC(C)N=C(NN)N1CC(OC)C(OC)C1. The second-order valence-corrected chi connectivity index (χ2v) is 4.35. The highest BCUT2D eigenvalue weighted by atomic mass is 16.5. The summed E-state index contributed by atoms with van der Waals surface area (Å²) in [6.07, 6.45) is 0.0672. The van der Waals surface area contributed by atoms with Crippen LogP contribution in [0, 0.1) is 0 Å². The van der Waals surface area contributed by atoms with E-state index in [-0.39, 0.29) is 18.2 Å². The number of nitrogens with zero attached hydrogens (tertiary/aromatic N) is 2. The van der Waals surface area contributed by atoms with Crippen LogP contribution in [0.3, 0.4) is 0 Å². The highest BCUT2D eigenvalue weighted by Gasteiger charge is 2.34. The van der Waals surface area contributed by atoms with Crippen LogP contribution in [-0.4, -0.2) is 70.1 Å². The van der Waals surface area contributed by atoms with Gasteiger partial charge in [-0.15, -0.1) is 0 Å². The number of nitrogens with one attached hydrogen (secondary N) is 1. The van der Waals surface area contributed by atoms with Gasteiger partial charge in [0.25, 0.3) is 0 Å². The molecule has 0 aromatic rings. The summed E-state index contributed by atoms with van der Waals surface area (Å²) in [6, 6.07) is 0.0450. The zero-order valence-electron chi connectivity index (χ0n) is 11.5. The summed E-state index contributed by atoms with van der Waals surface area (Å²) in [4.78, 5) is 6.50. The average Bonchev–Trinajstić information content (AvgIpc) is 2.79. The maximum Gasteiger partial charge on any atom is 0.208 e. The van der Waals surface area contributed by atoms with Crippen molar-refractivity contribution in [3.8, 4) is 0 Å². The summed E-state index contributed by atoms with van der Waals surface area (Å²) in [5.74, 6) is 6.17. The number of rotatable bonds is 5. The molecule has 0 bridgehead atoms. The van der Waals surface area contributed by atoms with Crippen LogP contribution in [0.25, 0.3) is 0 Å². The van der Waals surface area contributed by atoms with E-state index >= 15 is 0 Å². The first-order valence-corrected chi connectivity index (χ1v) is 6.00. The van der Waals surface area contributed by atoms with Crippen molar-refractivity contribution in [2.75, 3.05) is 41.0 Å². The highest BCUT2D eigenvalue weighted by Crippen LogP contribution is 2.15. The van der Waals surface area contributed by atoms with Gasteiger partial charge < -0.3 is 19.1 Å². The Kier molecular flexibility index (Phi) is 6.34. The molecule has 0 aliphatic carbocycles. The molecule has 0 aromatic carbocycles. The number of ether oxygens (including phenoxy) is 3. The molecule has 0 spiro atoms. The molecule has 0 saturated carbocycles. The van der Waals surface area contributed by atoms with Crippen LogP contribution < -0.4 is 11.3 Å². The monoisotopic (exact) mass is 260 g/mol. The normalized spacial score (nSPS) is 26.5. The number of hydrogen-bond acceptors (Lipinski definition) is 5. The third-order valence-electron chi connectivity index (χ3n) is 3.00. The summed E-state index contributed by atoms with van der Waals surface area (Å²) in [6.45, 7) is 3.94. The number of likely N-dealkylation sites (tertiary alicyclic amines) is 1. The molecule has 0 radical (unpaired) electrons. The van der Waals surface area contributed by atoms with Crippen LogP contribution in [0.4, 0.5) is 0 Å². The van der Waals surface area contributed by atoms with Crippen molar-refractivity contribution < 1.29 is 14.2 Å². The molecular weight excluding hydrogens is 236 g/mol. The van der Waals surface area contributed by atoms with Crippen LogP contribution >= 0.6 is 0 Å². The summed E-state index contributed by atoms with van der Waals surface area (Å²) < 4.78 is 15.8. The third-order valence-corrected chi connectivity index (χ3v) is 3.00. The molecule has 1 aliphatic heterocycles.